The number of ketones is 1. The molecule has 1 heterocycles. The molecule has 0 radical (unpaired) electrons. The largest absolute Gasteiger partial charge is 0.466 e. The minimum atomic E-state index is -3.21. The van der Waals surface area contributed by atoms with Crippen molar-refractivity contribution in [2.75, 3.05) is 20.2 Å². The molecule has 0 aromatic rings. The molecular formula is C12H17F2NO5. The van der Waals surface area contributed by atoms with Crippen LogP contribution in [-0.2, 0) is 19.1 Å². The Morgan fingerprint density at radius 2 is 1.95 bits per heavy atom. The highest BCUT2D eigenvalue weighted by atomic mass is 19.2. The summed E-state index contributed by atoms with van der Waals surface area (Å²) in [5.41, 5.74) is -4.07. The van der Waals surface area contributed by atoms with Crippen LogP contribution in [0.1, 0.15) is 20.8 Å². The molecule has 1 saturated heterocycles. The number of likely N-dealkylation sites (tertiary alicyclic amines) is 1. The number of methoxy groups -OCH3 is 1. The third-order valence-corrected chi connectivity index (χ3v) is 2.63. The lowest BCUT2D eigenvalue weighted by atomic mass is 9.92. The van der Waals surface area contributed by atoms with Crippen LogP contribution < -0.4 is 0 Å². The normalized spacial score (nSPS) is 27.2. The van der Waals surface area contributed by atoms with Gasteiger partial charge < -0.3 is 14.4 Å². The molecule has 1 rings (SSSR count). The fourth-order valence-corrected chi connectivity index (χ4v) is 1.72. The number of alkyl halides is 2. The number of halogens is 2. The number of rotatable bonds is 1. The maximum atomic E-state index is 14.3. The van der Waals surface area contributed by atoms with Gasteiger partial charge in [0, 0.05) is 0 Å². The minimum absolute atomic E-state index is 0.647. The van der Waals surface area contributed by atoms with Crippen LogP contribution in [0.25, 0.3) is 0 Å². The summed E-state index contributed by atoms with van der Waals surface area (Å²) >= 11 is 0. The van der Waals surface area contributed by atoms with Gasteiger partial charge >= 0.3 is 12.1 Å². The third kappa shape index (κ3) is 3.23. The maximum Gasteiger partial charge on any atom is 0.410 e. The number of esters is 1. The zero-order valence-electron chi connectivity index (χ0n) is 11.7. The lowest BCUT2D eigenvalue weighted by Crippen LogP contribution is -2.63. The van der Waals surface area contributed by atoms with Crippen molar-refractivity contribution in [3.63, 3.8) is 0 Å². The summed E-state index contributed by atoms with van der Waals surface area (Å²) in [6.45, 7) is 3.16. The first-order valence-electron chi connectivity index (χ1n) is 5.95. The molecule has 114 valence electrons. The second-order valence-electron chi connectivity index (χ2n) is 5.49. The first-order valence-corrected chi connectivity index (χ1v) is 5.95. The van der Waals surface area contributed by atoms with Crippen LogP contribution in [0.3, 0.4) is 0 Å². The van der Waals surface area contributed by atoms with Crippen molar-refractivity contribution in [1.82, 2.24) is 4.90 Å². The van der Waals surface area contributed by atoms with Gasteiger partial charge in [0.25, 0.3) is 5.67 Å². The first-order chi connectivity index (χ1) is 9.01. The van der Waals surface area contributed by atoms with Crippen LogP contribution in [0.2, 0.25) is 0 Å². The van der Waals surface area contributed by atoms with Gasteiger partial charge in [0.15, 0.2) is 6.17 Å². The molecule has 1 aliphatic rings. The van der Waals surface area contributed by atoms with Gasteiger partial charge in [-0.1, -0.05) is 0 Å². The van der Waals surface area contributed by atoms with E-state index in [0.29, 0.717) is 4.90 Å². The Labute approximate surface area is 115 Å². The Morgan fingerprint density at radius 1 is 1.40 bits per heavy atom. The van der Waals surface area contributed by atoms with E-state index in [2.05, 4.69) is 4.74 Å². The van der Waals surface area contributed by atoms with Crippen LogP contribution in [0.5, 0.6) is 0 Å². The fraction of sp³-hybridized carbons (Fsp3) is 0.750. The molecule has 0 bridgehead atoms. The predicted octanol–water partition coefficient (Wildman–Crippen LogP) is 1.03. The number of hydrogen-bond donors (Lipinski definition) is 0. The van der Waals surface area contributed by atoms with Crippen molar-refractivity contribution in [3.05, 3.63) is 0 Å². The van der Waals surface area contributed by atoms with E-state index in [9.17, 15) is 23.2 Å². The summed E-state index contributed by atoms with van der Waals surface area (Å²) < 4.78 is 37.0. The summed E-state index contributed by atoms with van der Waals surface area (Å²) in [7, 11) is 0.872. The van der Waals surface area contributed by atoms with Gasteiger partial charge in [0.2, 0.25) is 5.78 Å². The Kier molecular flexibility index (Phi) is 4.36. The van der Waals surface area contributed by atoms with Crippen LogP contribution in [0, 0.1) is 0 Å². The lowest BCUT2D eigenvalue weighted by Gasteiger charge is -2.36. The van der Waals surface area contributed by atoms with Gasteiger partial charge in [0.05, 0.1) is 20.2 Å². The van der Waals surface area contributed by atoms with Crippen LogP contribution in [0.15, 0.2) is 0 Å². The lowest BCUT2D eigenvalue weighted by molar-refractivity contribution is -0.167. The Hall–Kier alpha value is -1.73. The Morgan fingerprint density at radius 3 is 2.40 bits per heavy atom. The fourth-order valence-electron chi connectivity index (χ4n) is 1.72. The molecular weight excluding hydrogens is 276 g/mol. The zero-order chi connectivity index (χ0) is 15.7. The number of nitrogens with zero attached hydrogens (tertiary/aromatic N) is 1. The third-order valence-electron chi connectivity index (χ3n) is 2.63. The smallest absolute Gasteiger partial charge is 0.410 e. The van der Waals surface area contributed by atoms with Crippen molar-refractivity contribution in [2.24, 2.45) is 0 Å². The Balaban J connectivity index is 2.95. The van der Waals surface area contributed by atoms with E-state index in [0.717, 1.165) is 7.11 Å². The highest BCUT2D eigenvalue weighted by molar-refractivity contribution is 6.10. The number of hydrogen-bond acceptors (Lipinski definition) is 5. The van der Waals surface area contributed by atoms with Crippen molar-refractivity contribution in [2.45, 2.75) is 38.2 Å². The van der Waals surface area contributed by atoms with E-state index in [1.165, 1.54) is 0 Å². The van der Waals surface area contributed by atoms with E-state index < -0.39 is 48.4 Å². The van der Waals surface area contributed by atoms with E-state index >= 15 is 0 Å². The predicted molar refractivity (Wildman–Crippen MR) is 63.6 cm³/mol. The monoisotopic (exact) mass is 293 g/mol. The molecule has 0 saturated carbocycles. The quantitative estimate of drug-likeness (QED) is 0.533. The SMILES string of the molecule is COC(=O)[C@@]1(F)CN(C(=O)OC(C)(C)C)CC(F)C1=O. The highest BCUT2D eigenvalue weighted by Crippen LogP contribution is 2.26. The van der Waals surface area contributed by atoms with E-state index in [1.54, 1.807) is 20.8 Å². The standard InChI is InChI=1S/C12H17F2NO5/c1-11(2,3)20-10(18)15-5-7(13)8(16)12(14,6-15)9(17)19-4/h7H,5-6H2,1-4H3/t7?,12-/m1/s1. The molecule has 6 nitrogen and oxygen atoms in total. The molecule has 0 N–H and O–H groups in total. The molecule has 20 heavy (non-hydrogen) atoms. The average Bonchev–Trinajstić information content (AvgIpc) is 2.32. The van der Waals surface area contributed by atoms with E-state index in [1.807, 2.05) is 0 Å². The molecule has 2 atom stereocenters. The summed E-state index contributed by atoms with van der Waals surface area (Å²) in [5, 5.41) is 0. The Bertz CT molecular complexity index is 434. The molecule has 8 heteroatoms. The van der Waals surface area contributed by atoms with Gasteiger partial charge in [-0.15, -0.1) is 0 Å². The summed E-state index contributed by atoms with van der Waals surface area (Å²) in [6, 6.07) is 0. The highest BCUT2D eigenvalue weighted by Gasteiger charge is 2.57. The molecule has 0 aromatic heterocycles. The number of amides is 1. The van der Waals surface area contributed by atoms with Crippen molar-refractivity contribution in [3.8, 4) is 0 Å². The average molecular weight is 293 g/mol. The van der Waals surface area contributed by atoms with Crippen molar-refractivity contribution < 1.29 is 32.6 Å². The van der Waals surface area contributed by atoms with Crippen molar-refractivity contribution in [1.29, 1.82) is 0 Å². The topological polar surface area (TPSA) is 72.9 Å². The molecule has 0 spiro atoms. The van der Waals surface area contributed by atoms with Crippen LogP contribution in [-0.4, -0.2) is 60.4 Å². The number of carbonyl (C=O) groups is 3. The summed E-state index contributed by atoms with van der Waals surface area (Å²) in [6.07, 6.45) is -3.31. The molecule has 0 aliphatic carbocycles. The van der Waals surface area contributed by atoms with E-state index in [4.69, 9.17) is 4.74 Å². The maximum absolute atomic E-state index is 14.3. The minimum Gasteiger partial charge on any atom is -0.466 e. The number of carbonyl (C=O) groups excluding carboxylic acids is 3. The van der Waals surface area contributed by atoms with Gasteiger partial charge in [-0.05, 0) is 20.8 Å². The van der Waals surface area contributed by atoms with Crippen LogP contribution in [0.4, 0.5) is 13.6 Å². The van der Waals surface area contributed by atoms with E-state index in [-0.39, 0.29) is 0 Å². The summed E-state index contributed by atoms with van der Waals surface area (Å²) in [5.74, 6) is -3.07. The molecule has 1 amide bonds. The second-order valence-corrected chi connectivity index (χ2v) is 5.49. The molecule has 1 unspecified atom stereocenters. The van der Waals surface area contributed by atoms with Crippen molar-refractivity contribution >= 4 is 17.8 Å². The molecule has 1 fully saturated rings. The molecule has 0 aromatic carbocycles. The van der Waals surface area contributed by atoms with Crippen LogP contribution >= 0.6 is 0 Å². The number of ether oxygens (including phenoxy) is 2. The van der Waals surface area contributed by atoms with Gasteiger partial charge in [0.1, 0.15) is 5.60 Å². The van der Waals surface area contributed by atoms with Gasteiger partial charge in [-0.25, -0.2) is 18.4 Å². The zero-order valence-corrected chi connectivity index (χ0v) is 11.7. The van der Waals surface area contributed by atoms with Gasteiger partial charge in [-0.3, -0.25) is 4.79 Å². The number of piperidine rings is 1. The first kappa shape index (κ1) is 16.3. The van der Waals surface area contributed by atoms with Gasteiger partial charge in [-0.2, -0.15) is 0 Å². The molecule has 1 aliphatic heterocycles. The number of Topliss-reactive ketones (excluding diaryl/α,β-unsaturated/α-hetero) is 1. The second kappa shape index (κ2) is 5.34. The summed E-state index contributed by atoms with van der Waals surface area (Å²) in [4.78, 5) is 35.2.